The fourth-order valence-corrected chi connectivity index (χ4v) is 1.87. The molecule has 84 valence electrons. The van der Waals surface area contributed by atoms with Crippen molar-refractivity contribution in [3.8, 4) is 11.5 Å². The van der Waals surface area contributed by atoms with Gasteiger partial charge in [-0.3, -0.25) is 0 Å². The molecule has 0 saturated carbocycles. The molecule has 0 radical (unpaired) electrons. The average molecular weight is 220 g/mol. The lowest BCUT2D eigenvalue weighted by atomic mass is 10.0. The van der Waals surface area contributed by atoms with Gasteiger partial charge in [0.15, 0.2) is 0 Å². The zero-order valence-electron chi connectivity index (χ0n) is 9.42. The number of fused-ring (bicyclic) bond motifs is 1. The van der Waals surface area contributed by atoms with Gasteiger partial charge in [-0.1, -0.05) is 6.58 Å². The molecule has 4 nitrogen and oxygen atoms in total. The summed E-state index contributed by atoms with van der Waals surface area (Å²) in [6.07, 6.45) is 0. The van der Waals surface area contributed by atoms with Gasteiger partial charge in [0.1, 0.15) is 22.8 Å². The highest BCUT2D eigenvalue weighted by Crippen LogP contribution is 2.41. The number of hydrogen-bond acceptors (Lipinski definition) is 4. The van der Waals surface area contributed by atoms with Gasteiger partial charge in [-0.25, -0.2) is 4.79 Å². The number of ether oxygens (including phenoxy) is 3. The number of cyclic esters (lactones) is 1. The van der Waals surface area contributed by atoms with E-state index in [0.29, 0.717) is 28.4 Å². The third kappa shape index (κ3) is 1.26. The molecule has 0 aliphatic carbocycles. The summed E-state index contributed by atoms with van der Waals surface area (Å²) >= 11 is 0. The third-order valence-electron chi connectivity index (χ3n) is 2.64. The van der Waals surface area contributed by atoms with Crippen molar-refractivity contribution in [3.05, 3.63) is 29.3 Å². The molecular formula is C12H12O4. The largest absolute Gasteiger partial charge is 0.496 e. The summed E-state index contributed by atoms with van der Waals surface area (Å²) in [6, 6.07) is 1.67. The Labute approximate surface area is 93.4 Å². The minimum Gasteiger partial charge on any atom is -0.496 e. The molecule has 0 amide bonds. The van der Waals surface area contributed by atoms with E-state index in [4.69, 9.17) is 14.2 Å². The van der Waals surface area contributed by atoms with Crippen molar-refractivity contribution in [2.24, 2.45) is 0 Å². The van der Waals surface area contributed by atoms with E-state index in [1.165, 1.54) is 7.11 Å². The predicted molar refractivity (Wildman–Crippen MR) is 58.7 cm³/mol. The molecule has 0 atom stereocenters. The summed E-state index contributed by atoms with van der Waals surface area (Å²) in [4.78, 5) is 11.6. The van der Waals surface area contributed by atoms with Gasteiger partial charge in [0.2, 0.25) is 0 Å². The Balaban J connectivity index is 2.78. The fourth-order valence-electron chi connectivity index (χ4n) is 1.87. The van der Waals surface area contributed by atoms with Crippen LogP contribution in [0.4, 0.5) is 0 Å². The highest BCUT2D eigenvalue weighted by atomic mass is 16.5. The highest BCUT2D eigenvalue weighted by molar-refractivity contribution is 6.06. The summed E-state index contributed by atoms with van der Waals surface area (Å²) < 4.78 is 15.3. The van der Waals surface area contributed by atoms with Crippen LogP contribution in [0.15, 0.2) is 12.6 Å². The third-order valence-corrected chi connectivity index (χ3v) is 2.64. The molecule has 0 N–H and O–H groups in total. The topological polar surface area (TPSA) is 44.8 Å². The molecule has 16 heavy (non-hydrogen) atoms. The molecule has 0 aromatic heterocycles. The van der Waals surface area contributed by atoms with Gasteiger partial charge < -0.3 is 14.2 Å². The Morgan fingerprint density at radius 2 is 1.81 bits per heavy atom. The van der Waals surface area contributed by atoms with Crippen molar-refractivity contribution in [1.82, 2.24) is 0 Å². The van der Waals surface area contributed by atoms with E-state index in [1.807, 2.05) is 6.92 Å². The van der Waals surface area contributed by atoms with Crippen LogP contribution in [0.25, 0.3) is 5.76 Å². The number of benzene rings is 1. The first kappa shape index (κ1) is 10.5. The predicted octanol–water partition coefficient (Wildman–Crippen LogP) is 2.15. The molecule has 4 heteroatoms. The van der Waals surface area contributed by atoms with Gasteiger partial charge in [0.25, 0.3) is 0 Å². The van der Waals surface area contributed by atoms with Crippen molar-refractivity contribution < 1.29 is 19.0 Å². The molecule has 1 aromatic rings. The molecule has 0 spiro atoms. The van der Waals surface area contributed by atoms with E-state index in [0.717, 1.165) is 5.56 Å². The second-order valence-electron chi connectivity index (χ2n) is 3.47. The minimum absolute atomic E-state index is 0.342. The molecule has 0 saturated heterocycles. The number of esters is 1. The molecular weight excluding hydrogens is 208 g/mol. The van der Waals surface area contributed by atoms with Crippen LogP contribution in [0.2, 0.25) is 0 Å². The Morgan fingerprint density at radius 1 is 1.19 bits per heavy atom. The first-order valence-electron chi connectivity index (χ1n) is 4.77. The average Bonchev–Trinajstić information content (AvgIpc) is 2.56. The Kier molecular flexibility index (Phi) is 2.34. The molecule has 1 aliphatic rings. The van der Waals surface area contributed by atoms with Crippen molar-refractivity contribution in [2.45, 2.75) is 6.92 Å². The van der Waals surface area contributed by atoms with Gasteiger partial charge in [-0.05, 0) is 6.92 Å². The standard InChI is InChI=1S/C12H12O4/c1-6-8(14-3)5-9(15-4)11-10(6)7(2)16-12(11)13/h5H,2H2,1,3-4H3. The Hall–Kier alpha value is -1.97. The van der Waals surface area contributed by atoms with E-state index in [9.17, 15) is 4.79 Å². The summed E-state index contributed by atoms with van der Waals surface area (Å²) in [5.74, 6) is 1.01. The normalized spacial score (nSPS) is 13.4. The Morgan fingerprint density at radius 3 is 2.38 bits per heavy atom. The van der Waals surface area contributed by atoms with E-state index < -0.39 is 5.97 Å². The summed E-state index contributed by atoms with van der Waals surface area (Å²) in [6.45, 7) is 5.55. The monoisotopic (exact) mass is 220 g/mol. The number of rotatable bonds is 2. The van der Waals surface area contributed by atoms with E-state index in [2.05, 4.69) is 6.58 Å². The smallest absolute Gasteiger partial charge is 0.348 e. The van der Waals surface area contributed by atoms with Gasteiger partial charge in [-0.15, -0.1) is 0 Å². The molecule has 0 unspecified atom stereocenters. The highest BCUT2D eigenvalue weighted by Gasteiger charge is 2.32. The summed E-state index contributed by atoms with van der Waals surface area (Å²) in [5, 5.41) is 0. The molecule has 0 fully saturated rings. The van der Waals surface area contributed by atoms with Crippen LogP contribution in [-0.4, -0.2) is 20.2 Å². The summed E-state index contributed by atoms with van der Waals surface area (Å²) in [5.41, 5.74) is 1.92. The van der Waals surface area contributed by atoms with Crippen LogP contribution in [-0.2, 0) is 4.74 Å². The van der Waals surface area contributed by atoms with Crippen LogP contribution in [0, 0.1) is 6.92 Å². The molecule has 1 heterocycles. The lowest BCUT2D eigenvalue weighted by Gasteiger charge is -2.11. The van der Waals surface area contributed by atoms with Gasteiger partial charge in [0.05, 0.1) is 14.2 Å². The number of hydrogen-bond donors (Lipinski definition) is 0. The van der Waals surface area contributed by atoms with Gasteiger partial charge >= 0.3 is 5.97 Å². The number of carbonyl (C=O) groups is 1. The van der Waals surface area contributed by atoms with Crippen LogP contribution < -0.4 is 9.47 Å². The molecule has 0 bridgehead atoms. The maximum absolute atomic E-state index is 11.6. The zero-order chi connectivity index (χ0) is 11.9. The second-order valence-corrected chi connectivity index (χ2v) is 3.47. The van der Waals surface area contributed by atoms with E-state index >= 15 is 0 Å². The van der Waals surface area contributed by atoms with Crippen molar-refractivity contribution in [3.63, 3.8) is 0 Å². The van der Waals surface area contributed by atoms with Crippen molar-refractivity contribution >= 4 is 11.7 Å². The SMILES string of the molecule is C=C1OC(=O)c2c(OC)cc(OC)c(C)c21. The fraction of sp³-hybridized carbons (Fsp3) is 0.250. The summed E-state index contributed by atoms with van der Waals surface area (Å²) in [7, 11) is 3.06. The van der Waals surface area contributed by atoms with Crippen molar-refractivity contribution in [1.29, 1.82) is 0 Å². The van der Waals surface area contributed by atoms with Crippen LogP contribution >= 0.6 is 0 Å². The maximum Gasteiger partial charge on any atom is 0.348 e. The van der Waals surface area contributed by atoms with Crippen LogP contribution in [0.5, 0.6) is 11.5 Å². The maximum atomic E-state index is 11.6. The molecule has 1 aromatic carbocycles. The lowest BCUT2D eigenvalue weighted by Crippen LogP contribution is -2.01. The van der Waals surface area contributed by atoms with Gasteiger partial charge in [-0.2, -0.15) is 0 Å². The first-order valence-corrected chi connectivity index (χ1v) is 4.77. The zero-order valence-corrected chi connectivity index (χ0v) is 9.42. The first-order chi connectivity index (χ1) is 7.60. The number of methoxy groups -OCH3 is 2. The van der Waals surface area contributed by atoms with E-state index in [1.54, 1.807) is 13.2 Å². The molecule has 1 aliphatic heterocycles. The van der Waals surface area contributed by atoms with Crippen LogP contribution in [0.3, 0.4) is 0 Å². The van der Waals surface area contributed by atoms with Crippen LogP contribution in [0.1, 0.15) is 21.5 Å². The van der Waals surface area contributed by atoms with Crippen molar-refractivity contribution in [2.75, 3.05) is 14.2 Å². The van der Waals surface area contributed by atoms with E-state index in [-0.39, 0.29) is 0 Å². The Bertz CT molecular complexity index is 488. The lowest BCUT2D eigenvalue weighted by molar-refractivity contribution is 0.0713. The minimum atomic E-state index is -0.428. The molecule has 2 rings (SSSR count). The quantitative estimate of drug-likeness (QED) is 0.716. The van der Waals surface area contributed by atoms with Gasteiger partial charge in [0, 0.05) is 17.2 Å². The second kappa shape index (κ2) is 3.56. The number of carbonyl (C=O) groups excluding carboxylic acids is 1.